The average molecular weight is 301 g/mol. The fraction of sp³-hybridized carbons (Fsp3) is 0.867. The van der Waals surface area contributed by atoms with E-state index < -0.39 is 41.2 Å². The van der Waals surface area contributed by atoms with Gasteiger partial charge < -0.3 is 9.47 Å². The Morgan fingerprint density at radius 1 is 1.38 bits per heavy atom. The Morgan fingerprint density at radius 2 is 2.05 bits per heavy atom. The third-order valence-corrected chi connectivity index (χ3v) is 4.10. The predicted molar refractivity (Wildman–Crippen MR) is 74.4 cm³/mol. The van der Waals surface area contributed by atoms with Crippen molar-refractivity contribution in [3.63, 3.8) is 0 Å². The van der Waals surface area contributed by atoms with Crippen LogP contribution in [0.25, 0.3) is 0 Å². The fourth-order valence-electron chi connectivity index (χ4n) is 3.18. The van der Waals surface area contributed by atoms with Crippen molar-refractivity contribution in [2.75, 3.05) is 6.61 Å². The summed E-state index contributed by atoms with van der Waals surface area (Å²) in [5.41, 5.74) is -1.76. The zero-order valence-corrected chi connectivity index (χ0v) is 13.1. The van der Waals surface area contributed by atoms with Gasteiger partial charge in [-0.25, -0.2) is 4.39 Å². The maximum absolute atomic E-state index is 14.3. The largest absolute Gasteiger partial charge is 0.465 e. The summed E-state index contributed by atoms with van der Waals surface area (Å²) in [6.45, 7) is 7.25. The highest BCUT2D eigenvalue weighted by atomic mass is 19.1. The van der Waals surface area contributed by atoms with E-state index in [2.05, 4.69) is 5.32 Å². The first-order valence-corrected chi connectivity index (χ1v) is 7.50. The minimum Gasteiger partial charge on any atom is -0.465 e. The van der Waals surface area contributed by atoms with Gasteiger partial charge in [0.1, 0.15) is 23.4 Å². The first-order chi connectivity index (χ1) is 9.68. The lowest BCUT2D eigenvalue weighted by molar-refractivity contribution is -0.175. The minimum absolute atomic E-state index is 0.0580. The number of nitrogens with one attached hydrogen (secondary N) is 1. The van der Waals surface area contributed by atoms with Crippen molar-refractivity contribution >= 4 is 11.9 Å². The van der Waals surface area contributed by atoms with E-state index >= 15 is 0 Å². The van der Waals surface area contributed by atoms with Crippen LogP contribution in [0, 0.1) is 5.92 Å². The van der Waals surface area contributed by atoms with Crippen LogP contribution in [-0.4, -0.2) is 41.9 Å². The van der Waals surface area contributed by atoms with Gasteiger partial charge in [0.05, 0.1) is 6.61 Å². The van der Waals surface area contributed by atoms with E-state index in [0.29, 0.717) is 12.8 Å². The van der Waals surface area contributed by atoms with E-state index in [4.69, 9.17) is 9.47 Å². The predicted octanol–water partition coefficient (Wildman–Crippen LogP) is 1.74. The zero-order valence-electron chi connectivity index (χ0n) is 13.1. The molecule has 0 aromatic rings. The lowest BCUT2D eigenvalue weighted by Gasteiger charge is -2.50. The number of carbonyl (C=O) groups is 2. The van der Waals surface area contributed by atoms with Crippen LogP contribution in [0.1, 0.15) is 47.0 Å². The van der Waals surface area contributed by atoms with Gasteiger partial charge in [-0.1, -0.05) is 0 Å². The molecular formula is C15H24FNO4. The smallest absolute Gasteiger partial charge is 0.326 e. The number of fused-ring (bicyclic) bond motifs is 3. The van der Waals surface area contributed by atoms with Gasteiger partial charge >= 0.3 is 11.9 Å². The first kappa shape index (κ1) is 16.2. The SMILES string of the molecule is CCOC(=O)[C@H]1N[C@]2(C(=O)OC(C)(C)C)CC[C@@H]1[C@@H](F)C2. The van der Waals surface area contributed by atoms with Gasteiger partial charge in [0.2, 0.25) is 0 Å². The summed E-state index contributed by atoms with van der Waals surface area (Å²) >= 11 is 0. The van der Waals surface area contributed by atoms with Crippen LogP contribution in [0.3, 0.4) is 0 Å². The molecule has 0 unspecified atom stereocenters. The molecule has 0 radical (unpaired) electrons. The number of hydrogen-bond donors (Lipinski definition) is 1. The lowest BCUT2D eigenvalue weighted by Crippen LogP contribution is -2.71. The van der Waals surface area contributed by atoms with E-state index in [9.17, 15) is 14.0 Å². The molecule has 1 saturated carbocycles. The number of alkyl halides is 1. The van der Waals surface area contributed by atoms with Crippen molar-refractivity contribution in [1.29, 1.82) is 0 Å². The number of halogens is 1. The second-order valence-corrected chi connectivity index (χ2v) is 6.88. The molecule has 2 bridgehead atoms. The number of rotatable bonds is 3. The molecule has 0 aromatic carbocycles. The van der Waals surface area contributed by atoms with Gasteiger partial charge in [-0.15, -0.1) is 0 Å². The molecule has 2 saturated heterocycles. The Balaban J connectivity index is 2.19. The summed E-state index contributed by atoms with van der Waals surface area (Å²) in [7, 11) is 0. The van der Waals surface area contributed by atoms with Crippen molar-refractivity contribution in [2.45, 2.75) is 70.3 Å². The molecule has 6 heteroatoms. The highest BCUT2D eigenvalue weighted by Crippen LogP contribution is 2.43. The molecule has 3 fully saturated rings. The average Bonchev–Trinajstić information content (AvgIpc) is 2.37. The van der Waals surface area contributed by atoms with Crippen LogP contribution in [0.2, 0.25) is 0 Å². The number of piperidine rings is 2. The van der Waals surface area contributed by atoms with Crippen LogP contribution in [0.4, 0.5) is 4.39 Å². The van der Waals surface area contributed by atoms with Crippen molar-refractivity contribution in [3.8, 4) is 0 Å². The first-order valence-electron chi connectivity index (χ1n) is 7.50. The lowest BCUT2D eigenvalue weighted by atomic mass is 9.67. The highest BCUT2D eigenvalue weighted by Gasteiger charge is 2.58. The van der Waals surface area contributed by atoms with Gasteiger partial charge in [0, 0.05) is 12.3 Å². The topological polar surface area (TPSA) is 64.6 Å². The third kappa shape index (κ3) is 3.20. The zero-order chi connectivity index (χ0) is 15.8. The molecule has 0 amide bonds. The standard InChI is InChI=1S/C15H24FNO4/c1-5-20-12(18)11-9-6-7-15(17-11,8-10(9)16)13(19)21-14(2,3)4/h9-11,17H,5-8H2,1-4H3/t9-,10+,11+,15-/m1/s1. The summed E-state index contributed by atoms with van der Waals surface area (Å²) in [6.07, 6.45) is -0.163. The van der Waals surface area contributed by atoms with Crippen molar-refractivity contribution in [1.82, 2.24) is 5.32 Å². The molecule has 3 aliphatic rings. The molecule has 5 nitrogen and oxygen atoms in total. The van der Waals surface area contributed by atoms with Crippen molar-refractivity contribution in [3.05, 3.63) is 0 Å². The Kier molecular flexibility index (Phi) is 4.29. The van der Waals surface area contributed by atoms with Crippen molar-refractivity contribution < 1.29 is 23.5 Å². The monoisotopic (exact) mass is 301 g/mol. The second-order valence-electron chi connectivity index (χ2n) is 6.88. The molecule has 1 aliphatic carbocycles. The molecule has 2 heterocycles. The molecule has 0 spiro atoms. The molecular weight excluding hydrogens is 277 g/mol. The minimum atomic E-state index is -1.19. The van der Waals surface area contributed by atoms with Gasteiger partial charge in [-0.3, -0.25) is 14.9 Å². The number of ether oxygens (including phenoxy) is 2. The van der Waals surface area contributed by atoms with Crippen molar-refractivity contribution in [2.24, 2.45) is 5.92 Å². The third-order valence-electron chi connectivity index (χ3n) is 4.10. The molecule has 0 aromatic heterocycles. The summed E-state index contributed by atoms with van der Waals surface area (Å²) in [5.74, 6) is -1.39. The second kappa shape index (κ2) is 5.55. The van der Waals surface area contributed by atoms with Gasteiger partial charge in [0.25, 0.3) is 0 Å². The van der Waals surface area contributed by atoms with Gasteiger partial charge in [-0.2, -0.15) is 0 Å². The fourth-order valence-corrected chi connectivity index (χ4v) is 3.18. The van der Waals surface area contributed by atoms with Gasteiger partial charge in [0.15, 0.2) is 0 Å². The number of carbonyl (C=O) groups excluding carboxylic acids is 2. The van der Waals surface area contributed by atoms with Crippen LogP contribution in [-0.2, 0) is 19.1 Å². The molecule has 2 aliphatic heterocycles. The summed E-state index contributed by atoms with van der Waals surface area (Å²) < 4.78 is 24.7. The van der Waals surface area contributed by atoms with Crippen LogP contribution in [0.5, 0.6) is 0 Å². The Hall–Kier alpha value is -1.17. The molecule has 120 valence electrons. The van der Waals surface area contributed by atoms with E-state index in [0.717, 1.165) is 0 Å². The van der Waals surface area contributed by atoms with E-state index in [-0.39, 0.29) is 13.0 Å². The maximum atomic E-state index is 14.3. The molecule has 21 heavy (non-hydrogen) atoms. The summed E-state index contributed by atoms with van der Waals surface area (Å²) in [5, 5.41) is 3.01. The van der Waals surface area contributed by atoms with Crippen LogP contribution in [0.15, 0.2) is 0 Å². The van der Waals surface area contributed by atoms with E-state index in [1.807, 2.05) is 0 Å². The Bertz CT molecular complexity index is 434. The van der Waals surface area contributed by atoms with Crippen LogP contribution < -0.4 is 5.32 Å². The Morgan fingerprint density at radius 3 is 2.57 bits per heavy atom. The van der Waals surface area contributed by atoms with Gasteiger partial charge in [-0.05, 0) is 40.5 Å². The highest BCUT2D eigenvalue weighted by molar-refractivity contribution is 5.85. The summed E-state index contributed by atoms with van der Waals surface area (Å²) in [4.78, 5) is 24.4. The quantitative estimate of drug-likeness (QED) is 0.804. The molecule has 3 rings (SSSR count). The number of hydrogen-bond acceptors (Lipinski definition) is 5. The van der Waals surface area contributed by atoms with E-state index in [1.54, 1.807) is 27.7 Å². The van der Waals surface area contributed by atoms with Crippen LogP contribution >= 0.6 is 0 Å². The number of esters is 2. The normalized spacial score (nSPS) is 35.4. The molecule has 4 atom stereocenters. The molecule has 1 N–H and O–H groups in total. The maximum Gasteiger partial charge on any atom is 0.326 e. The van der Waals surface area contributed by atoms with E-state index in [1.165, 1.54) is 0 Å². The summed E-state index contributed by atoms with van der Waals surface area (Å²) in [6, 6.07) is -0.769. The Labute approximate surface area is 124 Å².